The van der Waals surface area contributed by atoms with Crippen molar-refractivity contribution in [3.63, 3.8) is 0 Å². The van der Waals surface area contributed by atoms with Crippen molar-refractivity contribution in [1.82, 2.24) is 28.8 Å². The van der Waals surface area contributed by atoms with E-state index in [9.17, 15) is 27.6 Å². The number of halogens is 3. The normalized spacial score (nSPS) is 20.9. The van der Waals surface area contributed by atoms with Gasteiger partial charge >= 0.3 is 11.9 Å². The number of aromatic nitrogens is 5. The summed E-state index contributed by atoms with van der Waals surface area (Å²) in [6.45, 7) is 0.635. The molecule has 0 aromatic carbocycles. The molecule has 1 fully saturated rings. The summed E-state index contributed by atoms with van der Waals surface area (Å²) >= 11 is 1.50. The lowest BCUT2D eigenvalue weighted by Crippen LogP contribution is -2.42. The topological polar surface area (TPSA) is 95.0 Å². The number of carbonyl (C=O) groups excluding carboxylic acids is 1. The first kappa shape index (κ1) is 23.2. The molecule has 1 saturated heterocycles. The molecular weight excluding hydrogens is 473 g/mol. The molecule has 9 nitrogen and oxygen atoms in total. The number of nitrogens with zero attached hydrogens (tertiary/aromatic N) is 6. The van der Waals surface area contributed by atoms with E-state index in [0.29, 0.717) is 41.4 Å². The van der Waals surface area contributed by atoms with Crippen LogP contribution in [0.4, 0.5) is 13.2 Å². The Morgan fingerprint density at radius 1 is 1.15 bits per heavy atom. The average molecular weight is 499 g/mol. The predicted octanol–water partition coefficient (Wildman–Crippen LogP) is 1.94. The molecule has 2 aliphatic heterocycles. The first-order valence-electron chi connectivity index (χ1n) is 11.4. The predicted molar refractivity (Wildman–Crippen MR) is 117 cm³/mol. The number of amides is 1. The fraction of sp³-hybridized carbons (Fsp3) is 0.667. The number of alkyl halides is 3. The van der Waals surface area contributed by atoms with Crippen molar-refractivity contribution < 1.29 is 18.0 Å². The summed E-state index contributed by atoms with van der Waals surface area (Å²) in [6, 6.07) is -0.759. The van der Waals surface area contributed by atoms with Gasteiger partial charge in [-0.2, -0.15) is 13.2 Å². The Kier molecular flexibility index (Phi) is 5.85. The maximum atomic E-state index is 13.1. The molecule has 0 N–H and O–H groups in total. The molecule has 4 heterocycles. The van der Waals surface area contributed by atoms with E-state index < -0.39 is 23.7 Å². The quantitative estimate of drug-likeness (QED) is 0.601. The molecule has 1 unspecified atom stereocenters. The molecule has 3 aliphatic rings. The van der Waals surface area contributed by atoms with Crippen molar-refractivity contribution in [1.29, 1.82) is 0 Å². The van der Waals surface area contributed by atoms with Crippen LogP contribution in [-0.4, -0.2) is 53.5 Å². The number of hydrogen-bond acceptors (Lipinski definition) is 6. The van der Waals surface area contributed by atoms with Crippen LogP contribution in [0.25, 0.3) is 0 Å². The van der Waals surface area contributed by atoms with Crippen LogP contribution in [0.2, 0.25) is 0 Å². The van der Waals surface area contributed by atoms with Crippen molar-refractivity contribution in [2.24, 2.45) is 7.05 Å². The number of piperidine rings is 1. The zero-order valence-corrected chi connectivity index (χ0v) is 19.5. The highest BCUT2D eigenvalue weighted by atomic mass is 32.2. The standard InChI is InChI=1S/C21H25F3N6O3S/c1-27-18(21(22,23)24)26-30(20(27)33)12-6-8-28(9-7-12)16(31)10-13-11-34-19-25-15-5-3-2-4-14(15)17(32)29(13)19/h12-13H,2-11H2,1H3. The van der Waals surface area contributed by atoms with Crippen LogP contribution in [0.1, 0.15) is 61.3 Å². The van der Waals surface area contributed by atoms with Crippen LogP contribution in [0.5, 0.6) is 0 Å². The zero-order chi connectivity index (χ0) is 24.2. The minimum atomic E-state index is -4.71. The summed E-state index contributed by atoms with van der Waals surface area (Å²) in [6.07, 6.45) is -0.308. The average Bonchev–Trinajstić information content (AvgIpc) is 3.34. The van der Waals surface area contributed by atoms with Crippen LogP contribution >= 0.6 is 11.8 Å². The molecule has 5 rings (SSSR count). The van der Waals surface area contributed by atoms with Gasteiger partial charge in [-0.3, -0.25) is 18.7 Å². The Morgan fingerprint density at radius 2 is 1.85 bits per heavy atom. The van der Waals surface area contributed by atoms with Crippen LogP contribution in [0.15, 0.2) is 14.7 Å². The molecule has 0 bridgehead atoms. The Labute approximate surface area is 196 Å². The minimum Gasteiger partial charge on any atom is -0.342 e. The van der Waals surface area contributed by atoms with Gasteiger partial charge in [0, 0.05) is 37.9 Å². The molecule has 184 valence electrons. The van der Waals surface area contributed by atoms with Crippen LogP contribution in [-0.2, 0) is 30.9 Å². The summed E-state index contributed by atoms with van der Waals surface area (Å²) in [4.78, 5) is 44.7. The number of likely N-dealkylation sites (tertiary alicyclic amines) is 1. The van der Waals surface area contributed by atoms with Crippen molar-refractivity contribution in [3.05, 3.63) is 37.9 Å². The number of aryl methyl sites for hydroxylation is 1. The van der Waals surface area contributed by atoms with E-state index in [4.69, 9.17) is 0 Å². The Bertz CT molecular complexity index is 1240. The summed E-state index contributed by atoms with van der Waals surface area (Å²) in [7, 11) is 1.05. The van der Waals surface area contributed by atoms with Gasteiger partial charge in [0.1, 0.15) is 0 Å². The highest BCUT2D eigenvalue weighted by Gasteiger charge is 2.39. The van der Waals surface area contributed by atoms with Crippen molar-refractivity contribution in [2.45, 2.75) is 68.4 Å². The third kappa shape index (κ3) is 3.97. The molecule has 0 radical (unpaired) electrons. The second-order valence-corrected chi connectivity index (χ2v) is 10.1. The SMILES string of the molecule is Cn1c(C(F)(F)F)nn(C2CCN(C(=O)CC3CSc4nc5c(c(=O)n43)CCCC5)CC2)c1=O. The summed E-state index contributed by atoms with van der Waals surface area (Å²) < 4.78 is 42.3. The lowest BCUT2D eigenvalue weighted by Gasteiger charge is -2.32. The number of carbonyl (C=O) groups is 1. The van der Waals surface area contributed by atoms with E-state index in [1.165, 1.54) is 11.8 Å². The summed E-state index contributed by atoms with van der Waals surface area (Å²) in [5.41, 5.74) is 0.820. The largest absolute Gasteiger partial charge is 0.451 e. The van der Waals surface area contributed by atoms with Crippen LogP contribution in [0.3, 0.4) is 0 Å². The van der Waals surface area contributed by atoms with E-state index >= 15 is 0 Å². The third-order valence-corrected chi connectivity index (χ3v) is 8.05. The second-order valence-electron chi connectivity index (χ2n) is 9.09. The van der Waals surface area contributed by atoms with Crippen molar-refractivity contribution in [3.8, 4) is 0 Å². The third-order valence-electron chi connectivity index (χ3n) is 6.95. The maximum Gasteiger partial charge on any atom is 0.451 e. The monoisotopic (exact) mass is 498 g/mol. The summed E-state index contributed by atoms with van der Waals surface area (Å²) in [5.74, 6) is -0.725. The first-order valence-corrected chi connectivity index (χ1v) is 12.4. The number of thioether (sulfide) groups is 1. The molecule has 13 heteroatoms. The molecule has 34 heavy (non-hydrogen) atoms. The fourth-order valence-corrected chi connectivity index (χ4v) is 6.25. The molecule has 1 amide bonds. The Hall–Kier alpha value is -2.57. The molecule has 1 atom stereocenters. The molecule has 0 spiro atoms. The molecular formula is C21H25F3N6O3S. The second kappa shape index (κ2) is 8.58. The highest BCUT2D eigenvalue weighted by molar-refractivity contribution is 7.99. The van der Waals surface area contributed by atoms with Gasteiger partial charge in [0.2, 0.25) is 11.7 Å². The minimum absolute atomic E-state index is 0.0313. The van der Waals surface area contributed by atoms with Gasteiger partial charge < -0.3 is 4.90 Å². The molecule has 2 aromatic heterocycles. The van der Waals surface area contributed by atoms with E-state index in [1.54, 1.807) is 9.47 Å². The first-order chi connectivity index (χ1) is 16.1. The molecule has 1 aliphatic carbocycles. The maximum absolute atomic E-state index is 13.1. The van der Waals surface area contributed by atoms with E-state index in [2.05, 4.69) is 10.1 Å². The van der Waals surface area contributed by atoms with Gasteiger partial charge in [0.25, 0.3) is 5.56 Å². The van der Waals surface area contributed by atoms with Gasteiger partial charge in [0.05, 0.1) is 17.8 Å². The number of fused-ring (bicyclic) bond motifs is 2. The van der Waals surface area contributed by atoms with Gasteiger partial charge in [0.15, 0.2) is 5.16 Å². The van der Waals surface area contributed by atoms with Gasteiger partial charge in [-0.15, -0.1) is 5.10 Å². The fourth-order valence-electron chi connectivity index (χ4n) is 5.10. The highest BCUT2D eigenvalue weighted by Crippen LogP contribution is 2.35. The smallest absolute Gasteiger partial charge is 0.342 e. The molecule has 0 saturated carbocycles. The van der Waals surface area contributed by atoms with E-state index in [0.717, 1.165) is 48.7 Å². The Morgan fingerprint density at radius 3 is 2.53 bits per heavy atom. The van der Waals surface area contributed by atoms with Crippen molar-refractivity contribution in [2.75, 3.05) is 18.8 Å². The van der Waals surface area contributed by atoms with Gasteiger partial charge in [-0.05, 0) is 38.5 Å². The van der Waals surface area contributed by atoms with Gasteiger partial charge in [-0.1, -0.05) is 11.8 Å². The lowest BCUT2D eigenvalue weighted by atomic mass is 9.97. The lowest BCUT2D eigenvalue weighted by molar-refractivity contribution is -0.147. The van der Waals surface area contributed by atoms with E-state index in [-0.39, 0.29) is 23.9 Å². The van der Waals surface area contributed by atoms with E-state index in [1.807, 2.05) is 0 Å². The number of hydrogen-bond donors (Lipinski definition) is 0. The van der Waals surface area contributed by atoms with Crippen molar-refractivity contribution >= 4 is 17.7 Å². The Balaban J connectivity index is 1.26. The zero-order valence-electron chi connectivity index (χ0n) is 18.7. The molecule has 2 aromatic rings. The van der Waals surface area contributed by atoms with Gasteiger partial charge in [-0.25, -0.2) is 14.5 Å². The summed E-state index contributed by atoms with van der Waals surface area (Å²) in [5, 5.41) is 4.20. The number of rotatable bonds is 3. The van der Waals surface area contributed by atoms with Crippen LogP contribution in [0, 0.1) is 0 Å². The van der Waals surface area contributed by atoms with Crippen LogP contribution < -0.4 is 11.2 Å².